The fourth-order valence-corrected chi connectivity index (χ4v) is 2.54. The van der Waals surface area contributed by atoms with Crippen LogP contribution in [-0.4, -0.2) is 34.6 Å². The van der Waals surface area contributed by atoms with Crippen molar-refractivity contribution in [3.8, 4) is 5.75 Å². The molecule has 1 aromatic heterocycles. The molecule has 0 bridgehead atoms. The van der Waals surface area contributed by atoms with E-state index in [1.54, 1.807) is 0 Å². The Balaban J connectivity index is 1.80. The van der Waals surface area contributed by atoms with E-state index in [0.717, 1.165) is 12.1 Å². The predicted molar refractivity (Wildman–Crippen MR) is 82.2 cm³/mol. The van der Waals surface area contributed by atoms with Gasteiger partial charge in [-0.05, 0) is 19.1 Å². The predicted octanol–water partition coefficient (Wildman–Crippen LogP) is 2.25. The molecule has 1 heterocycles. The zero-order valence-electron chi connectivity index (χ0n) is 12.6. The number of ether oxygens (including phenoxy) is 1. The molecule has 9 heteroatoms. The molecule has 0 fully saturated rings. The van der Waals surface area contributed by atoms with Gasteiger partial charge in [0, 0.05) is 24.4 Å². The van der Waals surface area contributed by atoms with Crippen molar-refractivity contribution in [2.24, 2.45) is 0 Å². The van der Waals surface area contributed by atoms with Crippen LogP contribution in [0.5, 0.6) is 5.75 Å². The molecular weight excluding hydrogens is 342 g/mol. The number of halogens is 2. The van der Waals surface area contributed by atoms with E-state index in [0.29, 0.717) is 11.4 Å². The second-order valence-electron chi connectivity index (χ2n) is 4.81. The number of aromatic carboxylic acids is 1. The Hall–Kier alpha value is -2.55. The summed E-state index contributed by atoms with van der Waals surface area (Å²) >= 11 is 1.19. The maximum atomic E-state index is 13.1. The summed E-state index contributed by atoms with van der Waals surface area (Å²) in [5, 5.41) is 13.4. The lowest BCUT2D eigenvalue weighted by atomic mass is 10.3. The van der Waals surface area contributed by atoms with Gasteiger partial charge in [0.2, 0.25) is 0 Å². The van der Waals surface area contributed by atoms with Crippen molar-refractivity contribution < 1.29 is 28.2 Å². The van der Waals surface area contributed by atoms with Gasteiger partial charge in [-0.1, -0.05) is 0 Å². The molecule has 2 N–H and O–H groups in total. The lowest BCUT2D eigenvalue weighted by molar-refractivity contribution is -0.127. The normalized spacial score (nSPS) is 11.8. The number of hydrogen-bond donors (Lipinski definition) is 2. The Morgan fingerprint density at radius 2 is 2.12 bits per heavy atom. The SMILES string of the molecule is CC(Oc1ccc(F)c(F)c1)C(=O)NCCc1nc(C(=O)O)cs1. The molecule has 0 spiro atoms. The van der Waals surface area contributed by atoms with Gasteiger partial charge in [0.1, 0.15) is 5.75 Å². The Morgan fingerprint density at radius 1 is 1.38 bits per heavy atom. The Kier molecular flexibility index (Phi) is 5.80. The molecule has 1 amide bonds. The number of carbonyl (C=O) groups excluding carboxylic acids is 1. The van der Waals surface area contributed by atoms with Crippen molar-refractivity contribution in [2.75, 3.05) is 6.54 Å². The Morgan fingerprint density at radius 3 is 2.75 bits per heavy atom. The van der Waals surface area contributed by atoms with Crippen LogP contribution in [0.3, 0.4) is 0 Å². The van der Waals surface area contributed by atoms with Crippen LogP contribution in [0.4, 0.5) is 8.78 Å². The highest BCUT2D eigenvalue weighted by molar-refractivity contribution is 7.09. The van der Waals surface area contributed by atoms with E-state index in [1.807, 2.05) is 0 Å². The average molecular weight is 356 g/mol. The highest BCUT2D eigenvalue weighted by Crippen LogP contribution is 2.16. The molecule has 0 saturated carbocycles. The zero-order chi connectivity index (χ0) is 17.7. The molecule has 1 atom stereocenters. The van der Waals surface area contributed by atoms with Gasteiger partial charge < -0.3 is 15.2 Å². The fraction of sp³-hybridized carbons (Fsp3) is 0.267. The summed E-state index contributed by atoms with van der Waals surface area (Å²) < 4.78 is 31.1. The number of carboxylic acid groups (broad SMARTS) is 1. The van der Waals surface area contributed by atoms with Gasteiger partial charge in [0.15, 0.2) is 23.4 Å². The second-order valence-corrected chi connectivity index (χ2v) is 5.75. The third-order valence-electron chi connectivity index (χ3n) is 2.98. The highest BCUT2D eigenvalue weighted by atomic mass is 32.1. The molecule has 1 unspecified atom stereocenters. The molecule has 2 aromatic rings. The quantitative estimate of drug-likeness (QED) is 0.794. The van der Waals surface area contributed by atoms with Gasteiger partial charge in [-0.3, -0.25) is 4.79 Å². The molecular formula is C15H14F2N2O4S. The number of hydrogen-bond acceptors (Lipinski definition) is 5. The maximum Gasteiger partial charge on any atom is 0.355 e. The first-order chi connectivity index (χ1) is 11.4. The largest absolute Gasteiger partial charge is 0.481 e. The summed E-state index contributed by atoms with van der Waals surface area (Å²) in [7, 11) is 0. The first-order valence-corrected chi connectivity index (χ1v) is 7.82. The smallest absolute Gasteiger partial charge is 0.355 e. The first kappa shape index (κ1) is 17.8. The van der Waals surface area contributed by atoms with E-state index < -0.39 is 29.6 Å². The summed E-state index contributed by atoms with van der Waals surface area (Å²) in [5.74, 6) is -3.55. The molecule has 0 aliphatic carbocycles. The number of aromatic nitrogens is 1. The molecule has 0 radical (unpaired) electrons. The van der Waals surface area contributed by atoms with Crippen molar-refractivity contribution >= 4 is 23.2 Å². The molecule has 2 rings (SSSR count). The van der Waals surface area contributed by atoms with Crippen LogP contribution in [0.25, 0.3) is 0 Å². The van der Waals surface area contributed by atoms with E-state index in [2.05, 4.69) is 10.3 Å². The number of nitrogens with one attached hydrogen (secondary N) is 1. The van der Waals surface area contributed by atoms with E-state index in [9.17, 15) is 18.4 Å². The molecule has 128 valence electrons. The van der Waals surface area contributed by atoms with E-state index in [1.165, 1.54) is 29.7 Å². The number of benzene rings is 1. The van der Waals surface area contributed by atoms with Crippen molar-refractivity contribution in [2.45, 2.75) is 19.4 Å². The number of thiazole rings is 1. The molecule has 0 aliphatic heterocycles. The third-order valence-corrected chi connectivity index (χ3v) is 3.89. The van der Waals surface area contributed by atoms with E-state index >= 15 is 0 Å². The van der Waals surface area contributed by atoms with Gasteiger partial charge in [-0.15, -0.1) is 11.3 Å². The Bertz CT molecular complexity index is 751. The van der Waals surface area contributed by atoms with Gasteiger partial charge in [-0.2, -0.15) is 0 Å². The molecule has 0 aliphatic rings. The lowest BCUT2D eigenvalue weighted by Gasteiger charge is -2.14. The van der Waals surface area contributed by atoms with Crippen LogP contribution < -0.4 is 10.1 Å². The zero-order valence-corrected chi connectivity index (χ0v) is 13.4. The molecule has 0 saturated heterocycles. The van der Waals surface area contributed by atoms with Gasteiger partial charge >= 0.3 is 5.97 Å². The molecule has 1 aromatic carbocycles. The number of carbonyl (C=O) groups is 2. The second kappa shape index (κ2) is 7.82. The number of rotatable bonds is 7. The van der Waals surface area contributed by atoms with Crippen LogP contribution >= 0.6 is 11.3 Å². The maximum absolute atomic E-state index is 13.1. The monoisotopic (exact) mass is 356 g/mol. The van der Waals surface area contributed by atoms with Crippen LogP contribution in [-0.2, 0) is 11.2 Å². The standard InChI is InChI=1S/C15H14F2N2O4S/c1-8(23-9-2-3-10(16)11(17)6-9)14(20)18-5-4-13-19-12(7-24-13)15(21)22/h2-3,6-8H,4-5H2,1H3,(H,18,20)(H,21,22). The van der Waals surface area contributed by atoms with Gasteiger partial charge in [-0.25, -0.2) is 18.6 Å². The number of carboxylic acids is 1. The first-order valence-electron chi connectivity index (χ1n) is 6.94. The van der Waals surface area contributed by atoms with Crippen molar-refractivity contribution in [3.63, 3.8) is 0 Å². The van der Waals surface area contributed by atoms with Crippen LogP contribution in [0.1, 0.15) is 22.4 Å². The van der Waals surface area contributed by atoms with Gasteiger partial charge in [0.05, 0.1) is 5.01 Å². The minimum atomic E-state index is -1.10. The number of amides is 1. The minimum Gasteiger partial charge on any atom is -0.481 e. The van der Waals surface area contributed by atoms with Gasteiger partial charge in [0.25, 0.3) is 5.91 Å². The van der Waals surface area contributed by atoms with Crippen molar-refractivity contribution in [1.29, 1.82) is 0 Å². The van der Waals surface area contributed by atoms with Crippen LogP contribution in [0, 0.1) is 11.6 Å². The summed E-state index contributed by atoms with van der Waals surface area (Å²) in [6, 6.07) is 3.01. The van der Waals surface area contributed by atoms with Crippen LogP contribution in [0.2, 0.25) is 0 Å². The van der Waals surface area contributed by atoms with E-state index in [-0.39, 0.29) is 18.0 Å². The third kappa shape index (κ3) is 4.72. The highest BCUT2D eigenvalue weighted by Gasteiger charge is 2.16. The summed E-state index contributed by atoms with van der Waals surface area (Å²) in [6.45, 7) is 1.72. The summed E-state index contributed by atoms with van der Waals surface area (Å²) in [6.07, 6.45) is -0.526. The van der Waals surface area contributed by atoms with Crippen molar-refractivity contribution in [1.82, 2.24) is 10.3 Å². The van der Waals surface area contributed by atoms with Crippen LogP contribution in [0.15, 0.2) is 23.6 Å². The molecule has 6 nitrogen and oxygen atoms in total. The minimum absolute atomic E-state index is 0.0311. The summed E-state index contributed by atoms with van der Waals surface area (Å²) in [4.78, 5) is 26.5. The summed E-state index contributed by atoms with van der Waals surface area (Å²) in [5.41, 5.74) is -0.0311. The number of nitrogens with zero attached hydrogens (tertiary/aromatic N) is 1. The Labute approximate surface area is 140 Å². The van der Waals surface area contributed by atoms with E-state index in [4.69, 9.17) is 9.84 Å². The molecule has 24 heavy (non-hydrogen) atoms. The lowest BCUT2D eigenvalue weighted by Crippen LogP contribution is -2.37. The topological polar surface area (TPSA) is 88.5 Å². The average Bonchev–Trinajstić information content (AvgIpc) is 3.00. The fourth-order valence-electron chi connectivity index (χ4n) is 1.77. The van der Waals surface area contributed by atoms with Crippen molar-refractivity contribution in [3.05, 3.63) is 45.9 Å².